The van der Waals surface area contributed by atoms with Gasteiger partial charge in [0.05, 0.1) is 20.3 Å². The Kier molecular flexibility index (Phi) is 8.21. The number of carbonyl (C=O) groups excluding carboxylic acids is 2. The van der Waals surface area contributed by atoms with E-state index in [9.17, 15) is 9.59 Å². The molecular weight excluding hydrogens is 296 g/mol. The molecule has 5 nitrogen and oxygen atoms in total. The smallest absolute Gasteiger partial charge is 0.330 e. The summed E-state index contributed by atoms with van der Waals surface area (Å²) in [5.74, 6) is -0.0282. The Morgan fingerprint density at radius 1 is 1.09 bits per heavy atom. The van der Waals surface area contributed by atoms with Crippen molar-refractivity contribution in [2.45, 2.75) is 19.8 Å². The molecule has 0 amide bonds. The molecule has 23 heavy (non-hydrogen) atoms. The third-order valence-electron chi connectivity index (χ3n) is 3.06. The van der Waals surface area contributed by atoms with E-state index >= 15 is 0 Å². The number of allylic oxidation sites excluding steroid dienone is 1. The molecule has 0 aliphatic heterocycles. The monoisotopic (exact) mass is 318 g/mol. The molecule has 0 fully saturated rings. The van der Waals surface area contributed by atoms with Gasteiger partial charge in [-0.1, -0.05) is 18.7 Å². The molecule has 0 atom stereocenters. The van der Waals surface area contributed by atoms with E-state index in [0.29, 0.717) is 13.2 Å². The second-order valence-electron chi connectivity index (χ2n) is 4.80. The van der Waals surface area contributed by atoms with Crippen LogP contribution in [0.15, 0.2) is 43.0 Å². The summed E-state index contributed by atoms with van der Waals surface area (Å²) >= 11 is 0. The zero-order valence-corrected chi connectivity index (χ0v) is 13.5. The molecule has 0 heterocycles. The second kappa shape index (κ2) is 10.2. The maximum Gasteiger partial charge on any atom is 0.330 e. The van der Waals surface area contributed by atoms with Crippen molar-refractivity contribution in [3.8, 4) is 5.75 Å². The molecule has 0 N–H and O–H groups in total. The highest BCUT2D eigenvalue weighted by atomic mass is 16.5. The molecule has 0 aliphatic rings. The molecule has 0 saturated carbocycles. The summed E-state index contributed by atoms with van der Waals surface area (Å²) in [6, 6.07) is 7.47. The number of esters is 2. The first-order valence-electron chi connectivity index (χ1n) is 7.35. The van der Waals surface area contributed by atoms with E-state index in [-0.39, 0.29) is 5.97 Å². The van der Waals surface area contributed by atoms with Crippen LogP contribution in [0.5, 0.6) is 5.75 Å². The van der Waals surface area contributed by atoms with Crippen molar-refractivity contribution in [3.05, 3.63) is 48.6 Å². The largest absolute Gasteiger partial charge is 0.494 e. The topological polar surface area (TPSA) is 61.8 Å². The molecule has 0 spiro atoms. The minimum Gasteiger partial charge on any atom is -0.494 e. The lowest BCUT2D eigenvalue weighted by molar-refractivity contribution is -0.138. The average molecular weight is 318 g/mol. The Bertz CT molecular complexity index is 557. The Hall–Kier alpha value is -2.56. The number of ether oxygens (including phenoxy) is 3. The van der Waals surface area contributed by atoms with E-state index in [1.54, 1.807) is 0 Å². The number of benzene rings is 1. The lowest BCUT2D eigenvalue weighted by atomic mass is 10.1. The first-order valence-corrected chi connectivity index (χ1v) is 7.35. The van der Waals surface area contributed by atoms with Crippen LogP contribution in [0.3, 0.4) is 0 Å². The zero-order chi connectivity index (χ0) is 17.1. The summed E-state index contributed by atoms with van der Waals surface area (Å²) in [6.07, 6.45) is 4.11. The van der Waals surface area contributed by atoms with E-state index < -0.39 is 5.97 Å². The third-order valence-corrected chi connectivity index (χ3v) is 3.06. The Balaban J connectivity index is 2.34. The summed E-state index contributed by atoms with van der Waals surface area (Å²) < 4.78 is 15.1. The van der Waals surface area contributed by atoms with E-state index in [0.717, 1.165) is 35.8 Å². The predicted molar refractivity (Wildman–Crippen MR) is 88.0 cm³/mol. The fourth-order valence-electron chi connectivity index (χ4n) is 1.76. The SMILES string of the molecule is C=CC(=O)OCCCCOc1ccc(/C(C)=C/C(=O)OC)cc1. The van der Waals surface area contributed by atoms with E-state index in [2.05, 4.69) is 11.3 Å². The van der Waals surface area contributed by atoms with Crippen LogP contribution in [0.1, 0.15) is 25.3 Å². The summed E-state index contributed by atoms with van der Waals surface area (Å²) in [6.45, 7) is 6.08. The Morgan fingerprint density at radius 3 is 2.35 bits per heavy atom. The average Bonchev–Trinajstić information content (AvgIpc) is 2.57. The van der Waals surface area contributed by atoms with Crippen molar-refractivity contribution >= 4 is 17.5 Å². The van der Waals surface area contributed by atoms with Gasteiger partial charge in [0.25, 0.3) is 0 Å². The van der Waals surface area contributed by atoms with Crippen molar-refractivity contribution in [1.29, 1.82) is 0 Å². The molecule has 0 aliphatic carbocycles. The van der Waals surface area contributed by atoms with Crippen LogP contribution < -0.4 is 4.74 Å². The molecule has 0 bridgehead atoms. The summed E-state index contributed by atoms with van der Waals surface area (Å²) in [5.41, 5.74) is 1.76. The molecule has 1 aromatic carbocycles. The van der Waals surface area contributed by atoms with E-state index in [1.165, 1.54) is 13.2 Å². The third kappa shape index (κ3) is 7.31. The number of rotatable bonds is 9. The van der Waals surface area contributed by atoms with Crippen LogP contribution in [0.4, 0.5) is 0 Å². The molecule has 0 unspecified atom stereocenters. The van der Waals surface area contributed by atoms with Gasteiger partial charge in [0.15, 0.2) is 0 Å². The summed E-state index contributed by atoms with van der Waals surface area (Å²) in [5, 5.41) is 0. The lowest BCUT2D eigenvalue weighted by Crippen LogP contribution is -2.04. The van der Waals surface area contributed by atoms with E-state index in [4.69, 9.17) is 9.47 Å². The second-order valence-corrected chi connectivity index (χ2v) is 4.80. The van der Waals surface area contributed by atoms with Gasteiger partial charge < -0.3 is 14.2 Å². The van der Waals surface area contributed by atoms with Gasteiger partial charge in [-0.25, -0.2) is 9.59 Å². The van der Waals surface area contributed by atoms with Crippen molar-refractivity contribution in [2.75, 3.05) is 20.3 Å². The van der Waals surface area contributed by atoms with Crippen molar-refractivity contribution < 1.29 is 23.8 Å². The summed E-state index contributed by atoms with van der Waals surface area (Å²) in [7, 11) is 1.35. The number of hydrogen-bond donors (Lipinski definition) is 0. The van der Waals surface area contributed by atoms with Crippen molar-refractivity contribution in [2.24, 2.45) is 0 Å². The minimum atomic E-state index is -0.406. The normalized spacial score (nSPS) is 10.8. The first kappa shape index (κ1) is 18.5. The molecular formula is C18H22O5. The highest BCUT2D eigenvalue weighted by Crippen LogP contribution is 2.18. The van der Waals surface area contributed by atoms with Gasteiger partial charge >= 0.3 is 11.9 Å². The molecule has 0 aromatic heterocycles. The van der Waals surface area contributed by atoms with Crippen molar-refractivity contribution in [1.82, 2.24) is 0 Å². The maximum absolute atomic E-state index is 11.2. The van der Waals surface area contributed by atoms with Crippen molar-refractivity contribution in [3.63, 3.8) is 0 Å². The Labute approximate surface area is 136 Å². The van der Waals surface area contributed by atoms with Gasteiger partial charge in [-0.05, 0) is 43.0 Å². The van der Waals surface area contributed by atoms with Crippen LogP contribution >= 0.6 is 0 Å². The number of carbonyl (C=O) groups is 2. The number of hydrogen-bond acceptors (Lipinski definition) is 5. The quantitative estimate of drug-likeness (QED) is 0.398. The van der Waals surface area contributed by atoms with Gasteiger partial charge in [0.1, 0.15) is 5.75 Å². The van der Waals surface area contributed by atoms with E-state index in [1.807, 2.05) is 31.2 Å². The van der Waals surface area contributed by atoms with Crippen LogP contribution in [0.2, 0.25) is 0 Å². The fraction of sp³-hybridized carbons (Fsp3) is 0.333. The first-order chi connectivity index (χ1) is 11.1. The van der Waals surface area contributed by atoms with Gasteiger partial charge in [-0.2, -0.15) is 0 Å². The van der Waals surface area contributed by atoms with Gasteiger partial charge in [0, 0.05) is 12.2 Å². The van der Waals surface area contributed by atoms with Crippen LogP contribution in [0, 0.1) is 0 Å². The predicted octanol–water partition coefficient (Wildman–Crippen LogP) is 3.15. The zero-order valence-electron chi connectivity index (χ0n) is 13.5. The standard InChI is InChI=1S/C18H22O5/c1-4-17(19)23-12-6-5-11-22-16-9-7-15(8-10-16)14(2)13-18(20)21-3/h4,7-10,13H,1,5-6,11-12H2,2-3H3/b14-13+. The highest BCUT2D eigenvalue weighted by molar-refractivity contribution is 5.90. The fourth-order valence-corrected chi connectivity index (χ4v) is 1.76. The number of unbranched alkanes of at least 4 members (excludes halogenated alkanes) is 1. The highest BCUT2D eigenvalue weighted by Gasteiger charge is 2.01. The molecule has 0 saturated heterocycles. The molecule has 0 radical (unpaired) electrons. The molecule has 1 rings (SSSR count). The van der Waals surface area contributed by atoms with Crippen LogP contribution in [0.25, 0.3) is 5.57 Å². The molecule has 5 heteroatoms. The van der Waals surface area contributed by atoms with Gasteiger partial charge in [-0.15, -0.1) is 0 Å². The van der Waals surface area contributed by atoms with Crippen LogP contribution in [-0.4, -0.2) is 32.3 Å². The molecule has 124 valence electrons. The summed E-state index contributed by atoms with van der Waals surface area (Å²) in [4.78, 5) is 22.0. The maximum atomic E-state index is 11.2. The lowest BCUT2D eigenvalue weighted by Gasteiger charge is -2.08. The van der Waals surface area contributed by atoms with Gasteiger partial charge in [-0.3, -0.25) is 0 Å². The van der Waals surface area contributed by atoms with Gasteiger partial charge in [0.2, 0.25) is 0 Å². The Morgan fingerprint density at radius 2 is 1.74 bits per heavy atom. The molecule has 1 aromatic rings. The number of methoxy groups -OCH3 is 1. The minimum absolute atomic E-state index is 0.366. The van der Waals surface area contributed by atoms with Crippen LogP contribution in [-0.2, 0) is 19.1 Å².